The highest BCUT2D eigenvalue weighted by molar-refractivity contribution is 6.32. The first-order valence-electron chi connectivity index (χ1n) is 5.00. The molecule has 5 nitrogen and oxygen atoms in total. The third kappa shape index (κ3) is 3.78. The molecule has 0 spiro atoms. The van der Waals surface area contributed by atoms with E-state index in [0.717, 1.165) is 6.08 Å². The van der Waals surface area contributed by atoms with Crippen LogP contribution in [0.5, 0.6) is 5.75 Å². The summed E-state index contributed by atoms with van der Waals surface area (Å²) in [6.07, 6.45) is 2.32. The Morgan fingerprint density at radius 2 is 2.11 bits per heavy atom. The Morgan fingerprint density at radius 1 is 1.44 bits per heavy atom. The van der Waals surface area contributed by atoms with Gasteiger partial charge in [-0.2, -0.15) is 0 Å². The lowest BCUT2D eigenvalue weighted by Crippen LogP contribution is -2.07. The van der Waals surface area contributed by atoms with Crippen molar-refractivity contribution < 1.29 is 19.4 Å². The predicted octanol–water partition coefficient (Wildman–Crippen LogP) is 2.40. The second kappa shape index (κ2) is 6.07. The second-order valence-corrected chi connectivity index (χ2v) is 3.83. The van der Waals surface area contributed by atoms with Gasteiger partial charge in [-0.15, -0.1) is 0 Å². The van der Waals surface area contributed by atoms with E-state index < -0.39 is 5.97 Å². The summed E-state index contributed by atoms with van der Waals surface area (Å²) < 4.78 is 5.03. The summed E-state index contributed by atoms with van der Waals surface area (Å²) in [6, 6.07) is 3.05. The number of carboxylic acids is 1. The predicted molar refractivity (Wildman–Crippen MR) is 69.0 cm³/mol. The Kier molecular flexibility index (Phi) is 4.74. The number of carbonyl (C=O) groups is 2. The molecule has 1 aromatic carbocycles. The Morgan fingerprint density at radius 3 is 2.61 bits per heavy atom. The summed E-state index contributed by atoms with van der Waals surface area (Å²) in [5.41, 5.74) is 0.916. The van der Waals surface area contributed by atoms with Crippen molar-refractivity contribution in [3.8, 4) is 5.75 Å². The minimum absolute atomic E-state index is 0.277. The lowest BCUT2D eigenvalue weighted by molar-refractivity contribution is -0.131. The SMILES string of the molecule is COc1cc(/C=C/C(=O)O)c(NC(C)=O)cc1Cl. The molecule has 0 aliphatic carbocycles. The lowest BCUT2D eigenvalue weighted by Gasteiger charge is -2.10. The van der Waals surface area contributed by atoms with E-state index in [2.05, 4.69) is 5.32 Å². The van der Waals surface area contributed by atoms with Gasteiger partial charge in [0.1, 0.15) is 5.75 Å². The molecule has 0 aliphatic heterocycles. The van der Waals surface area contributed by atoms with Gasteiger partial charge in [-0.25, -0.2) is 4.79 Å². The molecule has 0 unspecified atom stereocenters. The maximum atomic E-state index is 11.0. The molecule has 0 aliphatic rings. The van der Waals surface area contributed by atoms with Crippen LogP contribution in [0.3, 0.4) is 0 Å². The van der Waals surface area contributed by atoms with Crippen LogP contribution in [0.1, 0.15) is 12.5 Å². The molecule has 0 saturated carbocycles. The third-order valence-corrected chi connectivity index (χ3v) is 2.34. The van der Waals surface area contributed by atoms with Crippen LogP contribution < -0.4 is 10.1 Å². The highest BCUT2D eigenvalue weighted by Gasteiger charge is 2.08. The van der Waals surface area contributed by atoms with Crippen molar-refractivity contribution in [2.45, 2.75) is 6.92 Å². The van der Waals surface area contributed by atoms with Crippen molar-refractivity contribution >= 4 is 35.2 Å². The van der Waals surface area contributed by atoms with Crippen molar-refractivity contribution in [2.24, 2.45) is 0 Å². The minimum atomic E-state index is -1.09. The molecule has 18 heavy (non-hydrogen) atoms. The molecule has 1 amide bonds. The van der Waals surface area contributed by atoms with Crippen LogP contribution in [0.25, 0.3) is 6.08 Å². The summed E-state index contributed by atoms with van der Waals surface area (Å²) in [5.74, 6) is -0.963. The van der Waals surface area contributed by atoms with Crippen molar-refractivity contribution in [3.63, 3.8) is 0 Å². The summed E-state index contributed by atoms with van der Waals surface area (Å²) in [4.78, 5) is 21.5. The van der Waals surface area contributed by atoms with E-state index in [1.807, 2.05) is 0 Å². The van der Waals surface area contributed by atoms with Gasteiger partial charge in [0, 0.05) is 24.3 Å². The number of aliphatic carboxylic acids is 1. The lowest BCUT2D eigenvalue weighted by atomic mass is 10.1. The molecule has 1 aromatic rings. The fourth-order valence-electron chi connectivity index (χ4n) is 1.32. The fourth-order valence-corrected chi connectivity index (χ4v) is 1.56. The zero-order chi connectivity index (χ0) is 13.7. The van der Waals surface area contributed by atoms with Crippen LogP contribution >= 0.6 is 11.6 Å². The molecular formula is C12H12ClNO4. The number of methoxy groups -OCH3 is 1. The van der Waals surface area contributed by atoms with Crippen molar-refractivity contribution in [2.75, 3.05) is 12.4 Å². The maximum Gasteiger partial charge on any atom is 0.328 e. The number of hydrogen-bond acceptors (Lipinski definition) is 3. The summed E-state index contributed by atoms with van der Waals surface area (Å²) in [5, 5.41) is 11.5. The molecule has 0 atom stereocenters. The van der Waals surface area contributed by atoms with Gasteiger partial charge in [-0.1, -0.05) is 11.6 Å². The standard InChI is InChI=1S/C12H12ClNO4/c1-7(15)14-10-6-9(13)11(18-2)5-8(10)3-4-12(16)17/h3-6H,1-2H3,(H,14,15)(H,16,17)/b4-3+. The van der Waals surface area contributed by atoms with E-state index in [9.17, 15) is 9.59 Å². The third-order valence-electron chi connectivity index (χ3n) is 2.04. The average molecular weight is 270 g/mol. The Bertz CT molecular complexity index is 511. The van der Waals surface area contributed by atoms with Gasteiger partial charge in [-0.05, 0) is 18.2 Å². The van der Waals surface area contributed by atoms with Gasteiger partial charge in [-0.3, -0.25) is 4.79 Å². The number of ether oxygens (including phenoxy) is 1. The molecule has 96 valence electrons. The zero-order valence-electron chi connectivity index (χ0n) is 9.86. The van der Waals surface area contributed by atoms with E-state index in [1.54, 1.807) is 6.07 Å². The number of amides is 1. The topological polar surface area (TPSA) is 75.6 Å². The van der Waals surface area contributed by atoms with Gasteiger partial charge in [0.05, 0.1) is 12.1 Å². The van der Waals surface area contributed by atoms with Gasteiger partial charge in [0.15, 0.2) is 0 Å². The van der Waals surface area contributed by atoms with Crippen LogP contribution in [0.15, 0.2) is 18.2 Å². The molecule has 6 heteroatoms. The Labute approximate surface area is 109 Å². The van der Waals surface area contributed by atoms with Crippen LogP contribution in [0.2, 0.25) is 5.02 Å². The first-order chi connectivity index (χ1) is 8.43. The smallest absolute Gasteiger partial charge is 0.328 e. The first-order valence-corrected chi connectivity index (χ1v) is 5.38. The molecule has 0 aromatic heterocycles. The molecule has 0 radical (unpaired) electrons. The number of nitrogens with one attached hydrogen (secondary N) is 1. The largest absolute Gasteiger partial charge is 0.495 e. The van der Waals surface area contributed by atoms with Crippen molar-refractivity contribution in [1.82, 2.24) is 0 Å². The highest BCUT2D eigenvalue weighted by Crippen LogP contribution is 2.31. The number of carbonyl (C=O) groups excluding carboxylic acids is 1. The molecule has 0 fully saturated rings. The quantitative estimate of drug-likeness (QED) is 0.823. The van der Waals surface area contributed by atoms with Crippen molar-refractivity contribution in [3.05, 3.63) is 28.8 Å². The fraction of sp³-hybridized carbons (Fsp3) is 0.167. The number of hydrogen-bond donors (Lipinski definition) is 2. The summed E-state index contributed by atoms with van der Waals surface area (Å²) >= 11 is 5.93. The monoisotopic (exact) mass is 269 g/mol. The maximum absolute atomic E-state index is 11.0. The van der Waals surface area contributed by atoms with E-state index in [0.29, 0.717) is 22.0 Å². The number of carboxylic acid groups (broad SMARTS) is 1. The van der Waals surface area contributed by atoms with E-state index >= 15 is 0 Å². The normalized spacial score (nSPS) is 10.4. The second-order valence-electron chi connectivity index (χ2n) is 3.43. The minimum Gasteiger partial charge on any atom is -0.495 e. The molecule has 0 saturated heterocycles. The highest BCUT2D eigenvalue weighted by atomic mass is 35.5. The molecule has 2 N–H and O–H groups in total. The van der Waals surface area contributed by atoms with Crippen LogP contribution in [0.4, 0.5) is 5.69 Å². The summed E-state index contributed by atoms with van der Waals surface area (Å²) in [7, 11) is 1.45. The number of benzene rings is 1. The Balaban J connectivity index is 3.24. The number of anilines is 1. The molecular weight excluding hydrogens is 258 g/mol. The average Bonchev–Trinajstić information content (AvgIpc) is 2.27. The first kappa shape index (κ1) is 14.1. The molecule has 1 rings (SSSR count). The van der Waals surface area contributed by atoms with Gasteiger partial charge >= 0.3 is 5.97 Å². The van der Waals surface area contributed by atoms with Crippen molar-refractivity contribution in [1.29, 1.82) is 0 Å². The van der Waals surface area contributed by atoms with E-state index in [1.165, 1.54) is 26.2 Å². The van der Waals surface area contributed by atoms with E-state index in [-0.39, 0.29) is 5.91 Å². The van der Waals surface area contributed by atoms with Crippen LogP contribution in [-0.4, -0.2) is 24.1 Å². The van der Waals surface area contributed by atoms with Gasteiger partial charge in [0.2, 0.25) is 5.91 Å². The van der Waals surface area contributed by atoms with Gasteiger partial charge in [0.25, 0.3) is 0 Å². The van der Waals surface area contributed by atoms with Gasteiger partial charge < -0.3 is 15.2 Å². The number of halogens is 1. The Hall–Kier alpha value is -2.01. The van der Waals surface area contributed by atoms with Crippen LogP contribution in [-0.2, 0) is 9.59 Å². The van der Waals surface area contributed by atoms with Crippen LogP contribution in [0, 0.1) is 0 Å². The molecule has 0 heterocycles. The number of rotatable bonds is 4. The zero-order valence-corrected chi connectivity index (χ0v) is 10.6. The summed E-state index contributed by atoms with van der Waals surface area (Å²) in [6.45, 7) is 1.35. The molecule has 0 bridgehead atoms. The van der Waals surface area contributed by atoms with E-state index in [4.69, 9.17) is 21.4 Å².